The van der Waals surface area contributed by atoms with Gasteiger partial charge in [0.1, 0.15) is 0 Å². The van der Waals surface area contributed by atoms with Gasteiger partial charge in [-0.05, 0) is 24.3 Å². The standard InChI is InChI=1S/C17H16ClN3O2/c1-10(2)16-20-15(21-23-16)13-8-9-14(19-17(13)22-3)11-4-6-12(18)7-5-11/h4-10H,1-3H3. The maximum Gasteiger partial charge on any atom is 0.229 e. The summed E-state index contributed by atoms with van der Waals surface area (Å²) in [6.45, 7) is 3.99. The number of nitrogens with zero attached hydrogens (tertiary/aromatic N) is 3. The highest BCUT2D eigenvalue weighted by molar-refractivity contribution is 6.30. The van der Waals surface area contributed by atoms with Gasteiger partial charge in [0.2, 0.25) is 17.6 Å². The van der Waals surface area contributed by atoms with E-state index in [0.29, 0.717) is 28.2 Å². The van der Waals surface area contributed by atoms with Crippen LogP contribution in [0.5, 0.6) is 5.88 Å². The van der Waals surface area contributed by atoms with E-state index in [1.165, 1.54) is 0 Å². The van der Waals surface area contributed by atoms with Crippen LogP contribution in [0.25, 0.3) is 22.6 Å². The van der Waals surface area contributed by atoms with Crippen molar-refractivity contribution in [3.05, 3.63) is 47.3 Å². The first-order chi connectivity index (χ1) is 11.1. The molecule has 0 aliphatic rings. The molecule has 5 nitrogen and oxygen atoms in total. The van der Waals surface area contributed by atoms with E-state index in [1.54, 1.807) is 7.11 Å². The lowest BCUT2D eigenvalue weighted by Gasteiger charge is -2.07. The number of rotatable bonds is 4. The van der Waals surface area contributed by atoms with Gasteiger partial charge in [-0.2, -0.15) is 4.98 Å². The molecule has 0 saturated carbocycles. The van der Waals surface area contributed by atoms with Crippen LogP contribution in [0, 0.1) is 0 Å². The molecule has 3 rings (SSSR count). The first-order valence-electron chi connectivity index (χ1n) is 7.23. The predicted molar refractivity (Wildman–Crippen MR) is 88.6 cm³/mol. The average molecular weight is 330 g/mol. The third-order valence-electron chi connectivity index (χ3n) is 3.37. The average Bonchev–Trinajstić information content (AvgIpc) is 3.05. The number of halogens is 1. The van der Waals surface area contributed by atoms with Crippen molar-refractivity contribution >= 4 is 11.6 Å². The molecule has 0 N–H and O–H groups in total. The first kappa shape index (κ1) is 15.5. The van der Waals surface area contributed by atoms with Crippen molar-refractivity contribution in [3.63, 3.8) is 0 Å². The fourth-order valence-electron chi connectivity index (χ4n) is 2.13. The molecule has 0 spiro atoms. The Labute approximate surface area is 139 Å². The van der Waals surface area contributed by atoms with Crippen molar-refractivity contribution in [1.29, 1.82) is 0 Å². The number of hydrogen-bond donors (Lipinski definition) is 0. The monoisotopic (exact) mass is 329 g/mol. The van der Waals surface area contributed by atoms with Crippen LogP contribution in [0.2, 0.25) is 5.02 Å². The lowest BCUT2D eigenvalue weighted by atomic mass is 10.1. The highest BCUT2D eigenvalue weighted by atomic mass is 35.5. The van der Waals surface area contributed by atoms with E-state index in [0.717, 1.165) is 11.3 Å². The molecule has 2 heterocycles. The van der Waals surface area contributed by atoms with Crippen LogP contribution in [0.4, 0.5) is 0 Å². The van der Waals surface area contributed by atoms with Gasteiger partial charge in [-0.25, -0.2) is 4.98 Å². The van der Waals surface area contributed by atoms with Crippen LogP contribution in [-0.4, -0.2) is 22.2 Å². The van der Waals surface area contributed by atoms with Gasteiger partial charge in [0.05, 0.1) is 18.4 Å². The summed E-state index contributed by atoms with van der Waals surface area (Å²) in [5.41, 5.74) is 2.44. The van der Waals surface area contributed by atoms with Crippen LogP contribution in [0.15, 0.2) is 40.9 Å². The minimum atomic E-state index is 0.170. The van der Waals surface area contributed by atoms with Gasteiger partial charge < -0.3 is 9.26 Å². The van der Waals surface area contributed by atoms with Gasteiger partial charge in [0.15, 0.2) is 0 Å². The summed E-state index contributed by atoms with van der Waals surface area (Å²) in [5, 5.41) is 4.69. The highest BCUT2D eigenvalue weighted by Gasteiger charge is 2.17. The normalized spacial score (nSPS) is 11.0. The van der Waals surface area contributed by atoms with E-state index < -0.39 is 0 Å². The number of aromatic nitrogens is 3. The predicted octanol–water partition coefficient (Wildman–Crippen LogP) is 4.58. The number of methoxy groups -OCH3 is 1. The Hall–Kier alpha value is -2.40. The Bertz CT molecular complexity index is 813. The highest BCUT2D eigenvalue weighted by Crippen LogP contribution is 2.30. The summed E-state index contributed by atoms with van der Waals surface area (Å²) in [5.74, 6) is 1.68. The summed E-state index contributed by atoms with van der Waals surface area (Å²) in [6, 6.07) is 11.3. The fraction of sp³-hybridized carbons (Fsp3) is 0.235. The fourth-order valence-corrected chi connectivity index (χ4v) is 2.25. The molecule has 6 heteroatoms. The minimum Gasteiger partial charge on any atom is -0.480 e. The number of benzene rings is 1. The van der Waals surface area contributed by atoms with Gasteiger partial charge in [-0.1, -0.05) is 42.7 Å². The third-order valence-corrected chi connectivity index (χ3v) is 3.62. The minimum absolute atomic E-state index is 0.170. The smallest absolute Gasteiger partial charge is 0.229 e. The van der Waals surface area contributed by atoms with Crippen molar-refractivity contribution < 1.29 is 9.26 Å². The second-order valence-corrected chi connectivity index (χ2v) is 5.81. The van der Waals surface area contributed by atoms with Gasteiger partial charge in [0, 0.05) is 16.5 Å². The quantitative estimate of drug-likeness (QED) is 0.701. The number of pyridine rings is 1. The molecule has 0 fully saturated rings. The summed E-state index contributed by atoms with van der Waals surface area (Å²) in [4.78, 5) is 8.92. The van der Waals surface area contributed by atoms with Crippen LogP contribution in [0.3, 0.4) is 0 Å². The van der Waals surface area contributed by atoms with E-state index in [9.17, 15) is 0 Å². The summed E-state index contributed by atoms with van der Waals surface area (Å²) < 4.78 is 10.6. The molecule has 0 saturated heterocycles. The molecule has 2 aromatic heterocycles. The third kappa shape index (κ3) is 3.19. The molecule has 0 aliphatic carbocycles. The van der Waals surface area contributed by atoms with Crippen LogP contribution in [-0.2, 0) is 0 Å². The number of ether oxygens (including phenoxy) is 1. The van der Waals surface area contributed by atoms with Crippen molar-refractivity contribution in [1.82, 2.24) is 15.1 Å². The molecule has 0 atom stereocenters. The zero-order chi connectivity index (χ0) is 16.4. The van der Waals surface area contributed by atoms with Crippen molar-refractivity contribution in [2.75, 3.05) is 7.11 Å². The summed E-state index contributed by atoms with van der Waals surface area (Å²) in [7, 11) is 1.57. The summed E-state index contributed by atoms with van der Waals surface area (Å²) >= 11 is 5.92. The van der Waals surface area contributed by atoms with Crippen LogP contribution < -0.4 is 4.74 Å². The molecule has 0 amide bonds. The van der Waals surface area contributed by atoms with E-state index in [-0.39, 0.29) is 5.92 Å². The van der Waals surface area contributed by atoms with Crippen LogP contribution in [0.1, 0.15) is 25.7 Å². The van der Waals surface area contributed by atoms with E-state index in [1.807, 2.05) is 50.2 Å². The van der Waals surface area contributed by atoms with E-state index >= 15 is 0 Å². The Balaban J connectivity index is 2.00. The SMILES string of the molecule is COc1nc(-c2ccc(Cl)cc2)ccc1-c1noc(C(C)C)n1. The lowest BCUT2D eigenvalue weighted by molar-refractivity contribution is 0.365. The molecule has 3 aromatic rings. The van der Waals surface area contributed by atoms with Gasteiger partial charge in [0.25, 0.3) is 0 Å². The molecule has 0 unspecified atom stereocenters. The maximum absolute atomic E-state index is 5.92. The molecule has 118 valence electrons. The second kappa shape index (κ2) is 6.38. The van der Waals surface area contributed by atoms with Crippen molar-refractivity contribution in [2.45, 2.75) is 19.8 Å². The molecule has 1 aromatic carbocycles. The van der Waals surface area contributed by atoms with E-state index in [4.69, 9.17) is 20.9 Å². The lowest BCUT2D eigenvalue weighted by Crippen LogP contribution is -1.95. The Morgan fingerprint density at radius 3 is 2.39 bits per heavy atom. The molecule has 0 aliphatic heterocycles. The van der Waals surface area contributed by atoms with E-state index in [2.05, 4.69) is 15.1 Å². The largest absolute Gasteiger partial charge is 0.480 e. The Morgan fingerprint density at radius 1 is 1.04 bits per heavy atom. The van der Waals surface area contributed by atoms with Crippen molar-refractivity contribution in [2.24, 2.45) is 0 Å². The topological polar surface area (TPSA) is 61.0 Å². The Morgan fingerprint density at radius 2 is 1.78 bits per heavy atom. The molecular weight excluding hydrogens is 314 g/mol. The second-order valence-electron chi connectivity index (χ2n) is 5.37. The number of hydrogen-bond acceptors (Lipinski definition) is 5. The Kier molecular flexibility index (Phi) is 4.30. The molecule has 0 bridgehead atoms. The zero-order valence-electron chi connectivity index (χ0n) is 13.1. The van der Waals surface area contributed by atoms with Gasteiger partial charge in [-0.15, -0.1) is 0 Å². The first-order valence-corrected chi connectivity index (χ1v) is 7.61. The molecular formula is C17H16ClN3O2. The zero-order valence-corrected chi connectivity index (χ0v) is 13.8. The molecule has 0 radical (unpaired) electrons. The van der Waals surface area contributed by atoms with Crippen LogP contribution >= 0.6 is 11.6 Å². The maximum atomic E-state index is 5.92. The van der Waals surface area contributed by atoms with Gasteiger partial charge >= 0.3 is 0 Å². The van der Waals surface area contributed by atoms with Crippen molar-refractivity contribution in [3.8, 4) is 28.5 Å². The summed E-state index contributed by atoms with van der Waals surface area (Å²) in [6.07, 6.45) is 0. The van der Waals surface area contributed by atoms with Gasteiger partial charge in [-0.3, -0.25) is 0 Å². The molecule has 23 heavy (non-hydrogen) atoms.